The van der Waals surface area contributed by atoms with E-state index in [-0.39, 0.29) is 11.7 Å². The summed E-state index contributed by atoms with van der Waals surface area (Å²) in [6.45, 7) is 0.317. The van der Waals surface area contributed by atoms with Crippen LogP contribution in [0.25, 0.3) is 0 Å². The number of nitrogens with two attached hydrogens (primary N) is 1. The van der Waals surface area contributed by atoms with Gasteiger partial charge >= 0.3 is 0 Å². The zero-order chi connectivity index (χ0) is 14.4. The smallest absolute Gasteiger partial charge is 0.248 e. The number of nitrogens with one attached hydrogen (secondary N) is 2. The Morgan fingerprint density at radius 1 is 1.45 bits per heavy atom. The van der Waals surface area contributed by atoms with Crippen molar-refractivity contribution in [2.45, 2.75) is 11.7 Å². The standard InChI is InChI=1S/C11H15N7OS/c1-18-9(6-12)15-17-11(18)20-7-10(19)16-14-8-4-2-3-5-13-8/h2-5H,6-7,12H2,1H3,(H,13,14)(H,16,19). The van der Waals surface area contributed by atoms with Gasteiger partial charge in [0.1, 0.15) is 11.6 Å². The third-order valence-corrected chi connectivity index (χ3v) is 3.46. The molecule has 1 amide bonds. The van der Waals surface area contributed by atoms with Crippen molar-refractivity contribution in [3.05, 3.63) is 30.2 Å². The Kier molecular flexibility index (Phi) is 4.91. The molecule has 0 radical (unpaired) electrons. The monoisotopic (exact) mass is 293 g/mol. The van der Waals surface area contributed by atoms with Gasteiger partial charge in [-0.1, -0.05) is 17.8 Å². The van der Waals surface area contributed by atoms with Gasteiger partial charge in [0.05, 0.1) is 12.3 Å². The molecule has 9 heteroatoms. The van der Waals surface area contributed by atoms with Crippen LogP contribution < -0.4 is 16.6 Å². The number of thioether (sulfide) groups is 1. The minimum absolute atomic E-state index is 0.182. The number of pyridine rings is 1. The molecule has 20 heavy (non-hydrogen) atoms. The topological polar surface area (TPSA) is 111 Å². The van der Waals surface area contributed by atoms with E-state index in [2.05, 4.69) is 26.0 Å². The van der Waals surface area contributed by atoms with Crippen molar-refractivity contribution in [1.29, 1.82) is 0 Å². The van der Waals surface area contributed by atoms with E-state index >= 15 is 0 Å². The van der Waals surface area contributed by atoms with Crippen molar-refractivity contribution in [1.82, 2.24) is 25.2 Å². The molecule has 2 aromatic rings. The van der Waals surface area contributed by atoms with E-state index in [4.69, 9.17) is 5.73 Å². The summed E-state index contributed by atoms with van der Waals surface area (Å²) in [6, 6.07) is 5.37. The lowest BCUT2D eigenvalue weighted by Crippen LogP contribution is -2.31. The quantitative estimate of drug-likeness (QED) is 0.504. The maximum atomic E-state index is 11.7. The molecule has 0 aliphatic rings. The van der Waals surface area contributed by atoms with Gasteiger partial charge in [0.2, 0.25) is 5.91 Å². The van der Waals surface area contributed by atoms with Crippen LogP contribution in [0, 0.1) is 0 Å². The Balaban J connectivity index is 1.79. The van der Waals surface area contributed by atoms with Crippen LogP contribution in [0.2, 0.25) is 0 Å². The fraction of sp³-hybridized carbons (Fsp3) is 0.273. The predicted octanol–water partition coefficient (Wildman–Crippen LogP) is -0.0958. The first-order valence-electron chi connectivity index (χ1n) is 5.87. The largest absolute Gasteiger partial charge is 0.324 e. The Hall–Kier alpha value is -2.13. The molecule has 0 saturated carbocycles. The van der Waals surface area contributed by atoms with E-state index in [1.165, 1.54) is 11.8 Å². The summed E-state index contributed by atoms with van der Waals surface area (Å²) < 4.78 is 1.77. The third-order valence-electron chi connectivity index (χ3n) is 2.43. The van der Waals surface area contributed by atoms with Crippen molar-refractivity contribution < 1.29 is 4.79 Å². The van der Waals surface area contributed by atoms with Crippen molar-refractivity contribution in [2.24, 2.45) is 12.8 Å². The first kappa shape index (κ1) is 14.3. The number of carbonyl (C=O) groups is 1. The van der Waals surface area contributed by atoms with Crippen molar-refractivity contribution in [3.8, 4) is 0 Å². The van der Waals surface area contributed by atoms with E-state index in [1.54, 1.807) is 22.9 Å². The van der Waals surface area contributed by atoms with E-state index in [9.17, 15) is 4.79 Å². The fourth-order valence-electron chi connectivity index (χ4n) is 1.39. The number of nitrogens with zero attached hydrogens (tertiary/aromatic N) is 4. The summed E-state index contributed by atoms with van der Waals surface area (Å²) in [5.74, 6) is 1.29. The first-order valence-corrected chi connectivity index (χ1v) is 6.86. The van der Waals surface area contributed by atoms with Crippen LogP contribution in [0.3, 0.4) is 0 Å². The van der Waals surface area contributed by atoms with Gasteiger partial charge in [0.25, 0.3) is 0 Å². The average Bonchev–Trinajstić information content (AvgIpc) is 2.84. The highest BCUT2D eigenvalue weighted by Gasteiger charge is 2.10. The molecule has 8 nitrogen and oxygen atoms in total. The SMILES string of the molecule is Cn1c(CN)nnc1SCC(=O)NNc1ccccn1. The summed E-state index contributed by atoms with van der Waals surface area (Å²) in [5, 5.41) is 8.53. The van der Waals surface area contributed by atoms with Crippen LogP contribution in [0.4, 0.5) is 5.82 Å². The summed E-state index contributed by atoms with van der Waals surface area (Å²) in [5.41, 5.74) is 10.8. The molecule has 0 bridgehead atoms. The zero-order valence-electron chi connectivity index (χ0n) is 10.9. The van der Waals surface area contributed by atoms with Gasteiger partial charge in [-0.2, -0.15) is 0 Å². The summed E-state index contributed by atoms with van der Waals surface area (Å²) in [6.07, 6.45) is 1.64. The van der Waals surface area contributed by atoms with Crippen LogP contribution >= 0.6 is 11.8 Å². The lowest BCUT2D eigenvalue weighted by molar-refractivity contribution is -0.118. The van der Waals surface area contributed by atoms with Crippen LogP contribution in [0.5, 0.6) is 0 Å². The predicted molar refractivity (Wildman–Crippen MR) is 75.6 cm³/mol. The van der Waals surface area contributed by atoms with Gasteiger partial charge in [-0.05, 0) is 12.1 Å². The molecule has 0 aliphatic heterocycles. The Morgan fingerprint density at radius 3 is 2.95 bits per heavy atom. The molecule has 2 rings (SSSR count). The number of anilines is 1. The zero-order valence-corrected chi connectivity index (χ0v) is 11.7. The highest BCUT2D eigenvalue weighted by atomic mass is 32.2. The number of amides is 1. The number of aromatic nitrogens is 4. The molecule has 106 valence electrons. The minimum atomic E-state index is -0.182. The maximum absolute atomic E-state index is 11.7. The molecule has 2 aromatic heterocycles. The molecular formula is C11H15N7OS. The fourth-order valence-corrected chi connectivity index (χ4v) is 2.12. The van der Waals surface area contributed by atoms with Crippen LogP contribution in [-0.2, 0) is 18.4 Å². The Morgan fingerprint density at radius 2 is 2.30 bits per heavy atom. The molecular weight excluding hydrogens is 278 g/mol. The van der Waals surface area contributed by atoms with Crippen LogP contribution in [-0.4, -0.2) is 31.4 Å². The second kappa shape index (κ2) is 6.87. The van der Waals surface area contributed by atoms with Gasteiger partial charge in [0.15, 0.2) is 5.16 Å². The number of hydrogen-bond donors (Lipinski definition) is 3. The highest BCUT2D eigenvalue weighted by Crippen LogP contribution is 2.14. The molecule has 4 N–H and O–H groups in total. The van der Waals surface area contributed by atoms with Gasteiger partial charge < -0.3 is 10.3 Å². The summed E-state index contributed by atoms with van der Waals surface area (Å²) >= 11 is 1.29. The molecule has 2 heterocycles. The maximum Gasteiger partial charge on any atom is 0.248 e. The normalized spacial score (nSPS) is 10.3. The molecule has 0 aliphatic carbocycles. The number of rotatable bonds is 6. The Bertz CT molecular complexity index is 571. The number of hydrogen-bond acceptors (Lipinski definition) is 7. The van der Waals surface area contributed by atoms with Crippen LogP contribution in [0.1, 0.15) is 5.82 Å². The molecule has 0 unspecified atom stereocenters. The van der Waals surface area contributed by atoms with Gasteiger partial charge in [-0.15, -0.1) is 10.2 Å². The second-order valence-corrected chi connectivity index (χ2v) is 4.78. The molecule has 0 fully saturated rings. The van der Waals surface area contributed by atoms with Crippen LogP contribution in [0.15, 0.2) is 29.6 Å². The molecule has 0 atom stereocenters. The van der Waals surface area contributed by atoms with E-state index in [1.807, 2.05) is 13.1 Å². The molecule has 0 aromatic carbocycles. The van der Waals surface area contributed by atoms with Gasteiger partial charge in [-0.25, -0.2) is 4.98 Å². The van der Waals surface area contributed by atoms with Crippen molar-refractivity contribution in [2.75, 3.05) is 11.2 Å². The Labute approximate surface area is 120 Å². The highest BCUT2D eigenvalue weighted by molar-refractivity contribution is 7.99. The third kappa shape index (κ3) is 3.68. The van der Waals surface area contributed by atoms with Gasteiger partial charge in [0, 0.05) is 13.2 Å². The minimum Gasteiger partial charge on any atom is -0.324 e. The summed E-state index contributed by atoms with van der Waals surface area (Å²) in [7, 11) is 1.81. The lowest BCUT2D eigenvalue weighted by Gasteiger charge is -2.07. The second-order valence-electron chi connectivity index (χ2n) is 3.84. The molecule has 0 saturated heterocycles. The summed E-state index contributed by atoms with van der Waals surface area (Å²) in [4.78, 5) is 15.7. The van der Waals surface area contributed by atoms with E-state index in [0.717, 1.165) is 0 Å². The van der Waals surface area contributed by atoms with E-state index < -0.39 is 0 Å². The number of hydrazine groups is 1. The van der Waals surface area contributed by atoms with E-state index in [0.29, 0.717) is 23.3 Å². The molecule has 0 spiro atoms. The lowest BCUT2D eigenvalue weighted by atomic mass is 10.5. The van der Waals surface area contributed by atoms with Gasteiger partial charge in [-0.3, -0.25) is 15.6 Å². The average molecular weight is 293 g/mol. The first-order chi connectivity index (χ1) is 9.70. The van der Waals surface area contributed by atoms with Crippen molar-refractivity contribution in [3.63, 3.8) is 0 Å². The van der Waals surface area contributed by atoms with Crippen molar-refractivity contribution >= 4 is 23.5 Å². The number of carbonyl (C=O) groups excluding carboxylic acids is 1.